The smallest absolute Gasteiger partial charge is 0.330 e. The molecule has 0 saturated carbocycles. The molecule has 0 aromatic carbocycles. The van der Waals surface area contributed by atoms with Crippen LogP contribution in [0.4, 0.5) is 0 Å². The van der Waals surface area contributed by atoms with Gasteiger partial charge < -0.3 is 4.74 Å². The van der Waals surface area contributed by atoms with Crippen LogP contribution in [0, 0.1) is 0 Å². The SMILES string of the molecule is COC(=O)/C=C1\CCN(C(C)C)C1C. The van der Waals surface area contributed by atoms with Gasteiger partial charge in [-0.3, -0.25) is 4.90 Å². The Hall–Kier alpha value is -0.830. The third kappa shape index (κ3) is 2.35. The van der Waals surface area contributed by atoms with Crippen LogP contribution in [0.5, 0.6) is 0 Å². The second-order valence-electron chi connectivity index (χ2n) is 4.00. The molecule has 1 unspecified atom stereocenters. The van der Waals surface area contributed by atoms with Gasteiger partial charge >= 0.3 is 5.97 Å². The van der Waals surface area contributed by atoms with Crippen molar-refractivity contribution in [3.63, 3.8) is 0 Å². The lowest BCUT2D eigenvalue weighted by Gasteiger charge is -2.25. The number of esters is 1. The summed E-state index contributed by atoms with van der Waals surface area (Å²) in [5, 5.41) is 0. The third-order valence-corrected chi connectivity index (χ3v) is 2.86. The molecule has 0 amide bonds. The Bertz CT molecular complexity index is 246. The molecule has 80 valence electrons. The molecule has 0 spiro atoms. The van der Waals surface area contributed by atoms with E-state index in [-0.39, 0.29) is 5.97 Å². The average Bonchev–Trinajstić information content (AvgIpc) is 2.48. The predicted molar refractivity (Wildman–Crippen MR) is 56.0 cm³/mol. The van der Waals surface area contributed by atoms with E-state index in [4.69, 9.17) is 0 Å². The Morgan fingerprint density at radius 3 is 2.71 bits per heavy atom. The molecule has 3 nitrogen and oxygen atoms in total. The molecular weight excluding hydrogens is 178 g/mol. The zero-order valence-corrected chi connectivity index (χ0v) is 9.41. The fourth-order valence-electron chi connectivity index (χ4n) is 1.98. The van der Waals surface area contributed by atoms with Crippen LogP contribution < -0.4 is 0 Å². The monoisotopic (exact) mass is 197 g/mol. The highest BCUT2D eigenvalue weighted by molar-refractivity contribution is 5.82. The average molecular weight is 197 g/mol. The summed E-state index contributed by atoms with van der Waals surface area (Å²) >= 11 is 0. The Morgan fingerprint density at radius 2 is 2.29 bits per heavy atom. The first-order valence-corrected chi connectivity index (χ1v) is 5.10. The lowest BCUT2D eigenvalue weighted by Crippen LogP contribution is -2.34. The van der Waals surface area contributed by atoms with Gasteiger partial charge in [0.2, 0.25) is 0 Å². The Morgan fingerprint density at radius 1 is 1.64 bits per heavy atom. The first kappa shape index (κ1) is 11.2. The first-order chi connectivity index (χ1) is 6.56. The standard InChI is InChI=1S/C11H19NO2/c1-8(2)12-6-5-10(9(12)3)7-11(13)14-4/h7-9H,5-6H2,1-4H3/b10-7+. The first-order valence-electron chi connectivity index (χ1n) is 5.10. The van der Waals surface area contributed by atoms with E-state index < -0.39 is 0 Å². The number of ether oxygens (including phenoxy) is 1. The molecule has 0 bridgehead atoms. The highest BCUT2D eigenvalue weighted by atomic mass is 16.5. The fraction of sp³-hybridized carbons (Fsp3) is 0.727. The van der Waals surface area contributed by atoms with Gasteiger partial charge in [0, 0.05) is 24.7 Å². The summed E-state index contributed by atoms with van der Waals surface area (Å²) in [7, 11) is 1.42. The van der Waals surface area contributed by atoms with Crippen LogP contribution in [0.3, 0.4) is 0 Å². The zero-order valence-electron chi connectivity index (χ0n) is 9.41. The summed E-state index contributed by atoms with van der Waals surface area (Å²) in [6.07, 6.45) is 2.61. The predicted octanol–water partition coefficient (Wildman–Crippen LogP) is 1.59. The quantitative estimate of drug-likeness (QED) is 0.497. The molecule has 0 aliphatic carbocycles. The van der Waals surface area contributed by atoms with Gasteiger partial charge in [0.1, 0.15) is 0 Å². The van der Waals surface area contributed by atoms with Crippen molar-refractivity contribution < 1.29 is 9.53 Å². The van der Waals surface area contributed by atoms with Crippen LogP contribution >= 0.6 is 0 Å². The number of hydrogen-bond acceptors (Lipinski definition) is 3. The molecule has 14 heavy (non-hydrogen) atoms. The van der Waals surface area contributed by atoms with Crippen molar-refractivity contribution in [1.29, 1.82) is 0 Å². The molecule has 1 saturated heterocycles. The number of rotatable bonds is 2. The minimum Gasteiger partial charge on any atom is -0.466 e. The Kier molecular flexibility index (Phi) is 3.69. The number of hydrogen-bond donors (Lipinski definition) is 0. The van der Waals surface area contributed by atoms with Crippen molar-refractivity contribution in [1.82, 2.24) is 4.90 Å². The molecule has 1 rings (SSSR count). The molecule has 1 atom stereocenters. The number of nitrogens with zero attached hydrogens (tertiary/aromatic N) is 1. The Balaban J connectivity index is 2.68. The minimum absolute atomic E-state index is 0.238. The number of carbonyl (C=O) groups excluding carboxylic acids is 1. The topological polar surface area (TPSA) is 29.5 Å². The minimum atomic E-state index is -0.238. The largest absolute Gasteiger partial charge is 0.466 e. The second kappa shape index (κ2) is 4.60. The summed E-state index contributed by atoms with van der Waals surface area (Å²) in [5.41, 5.74) is 1.19. The van der Waals surface area contributed by atoms with Crippen LogP contribution in [0.2, 0.25) is 0 Å². The summed E-state index contributed by atoms with van der Waals surface area (Å²) in [6, 6.07) is 0.905. The van der Waals surface area contributed by atoms with E-state index in [9.17, 15) is 4.79 Å². The van der Waals surface area contributed by atoms with Crippen molar-refractivity contribution in [2.45, 2.75) is 39.3 Å². The van der Waals surface area contributed by atoms with Crippen LogP contribution in [-0.2, 0) is 9.53 Å². The summed E-state index contributed by atoms with van der Waals surface area (Å²) < 4.78 is 4.62. The molecule has 3 heteroatoms. The van der Waals surface area contributed by atoms with Crippen molar-refractivity contribution in [3.05, 3.63) is 11.6 Å². The maximum atomic E-state index is 11.1. The van der Waals surface area contributed by atoms with E-state index >= 15 is 0 Å². The third-order valence-electron chi connectivity index (χ3n) is 2.86. The number of methoxy groups -OCH3 is 1. The van der Waals surface area contributed by atoms with Crippen molar-refractivity contribution >= 4 is 5.97 Å². The Labute approximate surface area is 85.7 Å². The molecule has 0 aromatic heterocycles. The van der Waals surface area contributed by atoms with Gasteiger partial charge in [-0.2, -0.15) is 0 Å². The maximum Gasteiger partial charge on any atom is 0.330 e. The van der Waals surface area contributed by atoms with Crippen LogP contribution in [0.1, 0.15) is 27.2 Å². The molecule has 1 heterocycles. The highest BCUT2D eigenvalue weighted by Crippen LogP contribution is 2.24. The molecule has 1 fully saturated rings. The van der Waals surface area contributed by atoms with Gasteiger partial charge in [-0.1, -0.05) is 0 Å². The van der Waals surface area contributed by atoms with Gasteiger partial charge in [0.15, 0.2) is 0 Å². The van der Waals surface area contributed by atoms with Gasteiger partial charge in [-0.25, -0.2) is 4.79 Å². The maximum absolute atomic E-state index is 11.1. The molecule has 0 N–H and O–H groups in total. The van der Waals surface area contributed by atoms with Gasteiger partial charge in [-0.15, -0.1) is 0 Å². The summed E-state index contributed by atoms with van der Waals surface area (Å²) in [4.78, 5) is 13.5. The van der Waals surface area contributed by atoms with Crippen molar-refractivity contribution in [2.24, 2.45) is 0 Å². The van der Waals surface area contributed by atoms with E-state index in [1.807, 2.05) is 0 Å². The fourth-order valence-corrected chi connectivity index (χ4v) is 1.98. The van der Waals surface area contributed by atoms with E-state index in [1.165, 1.54) is 12.7 Å². The summed E-state index contributed by atoms with van der Waals surface area (Å²) in [6.45, 7) is 7.54. The van der Waals surface area contributed by atoms with E-state index in [2.05, 4.69) is 30.4 Å². The van der Waals surface area contributed by atoms with E-state index in [1.54, 1.807) is 6.08 Å². The zero-order chi connectivity index (χ0) is 10.7. The molecule has 0 aromatic rings. The number of likely N-dealkylation sites (tertiary alicyclic amines) is 1. The van der Waals surface area contributed by atoms with Crippen LogP contribution in [0.15, 0.2) is 11.6 Å². The van der Waals surface area contributed by atoms with Gasteiger partial charge in [0.25, 0.3) is 0 Å². The molecule has 0 radical (unpaired) electrons. The van der Waals surface area contributed by atoms with Crippen LogP contribution in [0.25, 0.3) is 0 Å². The van der Waals surface area contributed by atoms with E-state index in [0.29, 0.717) is 12.1 Å². The lowest BCUT2D eigenvalue weighted by atomic mass is 10.1. The van der Waals surface area contributed by atoms with Gasteiger partial charge in [-0.05, 0) is 32.8 Å². The molecule has 1 aliphatic heterocycles. The van der Waals surface area contributed by atoms with Crippen molar-refractivity contribution in [3.8, 4) is 0 Å². The van der Waals surface area contributed by atoms with Crippen molar-refractivity contribution in [2.75, 3.05) is 13.7 Å². The molecule has 1 aliphatic rings. The van der Waals surface area contributed by atoms with E-state index in [0.717, 1.165) is 13.0 Å². The molecular formula is C11H19NO2. The summed E-state index contributed by atoms with van der Waals surface area (Å²) in [5.74, 6) is -0.238. The normalized spacial score (nSPS) is 26.1. The lowest BCUT2D eigenvalue weighted by molar-refractivity contribution is -0.134. The van der Waals surface area contributed by atoms with Gasteiger partial charge in [0.05, 0.1) is 7.11 Å². The van der Waals surface area contributed by atoms with Crippen LogP contribution in [-0.4, -0.2) is 36.6 Å². The highest BCUT2D eigenvalue weighted by Gasteiger charge is 2.27. The number of carbonyl (C=O) groups is 1. The second-order valence-corrected chi connectivity index (χ2v) is 4.00.